The minimum Gasteiger partial charge on any atom is -0.497 e. The standard InChI is InChI=1S/C23H23Cl2N5O3/c1-13-20(22(32)27-15-6-8-16(33-2)9-7-15)21(14-5-10-17(24)18(25)12-14)30-23(26-13)28-19(29-30)4-3-11-31/h5-10,12,21,31H,3-4,11H2,1-2H3,(H,27,32)(H,26,28,29)/t21-/m0/s1. The Morgan fingerprint density at radius 3 is 2.64 bits per heavy atom. The van der Waals surface area contributed by atoms with Crippen LogP contribution in [0.5, 0.6) is 5.75 Å². The van der Waals surface area contributed by atoms with Gasteiger partial charge >= 0.3 is 0 Å². The highest BCUT2D eigenvalue weighted by Gasteiger charge is 2.34. The van der Waals surface area contributed by atoms with E-state index in [1.165, 1.54) is 0 Å². The quantitative estimate of drug-likeness (QED) is 0.455. The van der Waals surface area contributed by atoms with E-state index in [2.05, 4.69) is 20.7 Å². The van der Waals surface area contributed by atoms with E-state index in [0.29, 0.717) is 57.4 Å². The van der Waals surface area contributed by atoms with Gasteiger partial charge in [-0.15, -0.1) is 0 Å². The molecule has 4 rings (SSSR count). The highest BCUT2D eigenvalue weighted by Crippen LogP contribution is 2.37. The molecule has 0 fully saturated rings. The van der Waals surface area contributed by atoms with Crippen molar-refractivity contribution in [1.29, 1.82) is 0 Å². The van der Waals surface area contributed by atoms with Crippen LogP contribution in [-0.2, 0) is 11.2 Å². The average molecular weight is 488 g/mol. The zero-order chi connectivity index (χ0) is 23.5. The number of anilines is 2. The molecule has 8 nitrogen and oxygen atoms in total. The lowest BCUT2D eigenvalue weighted by Crippen LogP contribution is -2.31. The molecule has 10 heteroatoms. The number of amides is 1. The second-order valence-electron chi connectivity index (χ2n) is 7.55. The lowest BCUT2D eigenvalue weighted by molar-refractivity contribution is -0.113. The molecule has 0 saturated carbocycles. The lowest BCUT2D eigenvalue weighted by atomic mass is 9.95. The van der Waals surface area contributed by atoms with Crippen molar-refractivity contribution in [3.8, 4) is 5.75 Å². The Labute approximate surface area is 201 Å². The molecule has 0 aliphatic carbocycles. The smallest absolute Gasteiger partial charge is 0.255 e. The third kappa shape index (κ3) is 4.83. The molecule has 1 aromatic heterocycles. The largest absolute Gasteiger partial charge is 0.497 e. The molecule has 172 valence electrons. The fourth-order valence-electron chi connectivity index (χ4n) is 3.70. The number of aromatic nitrogens is 3. The summed E-state index contributed by atoms with van der Waals surface area (Å²) >= 11 is 12.4. The first-order valence-electron chi connectivity index (χ1n) is 10.4. The Morgan fingerprint density at radius 2 is 1.97 bits per heavy atom. The number of aliphatic hydroxyl groups excluding tert-OH is 1. The first kappa shape index (κ1) is 23.1. The van der Waals surface area contributed by atoms with Gasteiger partial charge < -0.3 is 20.5 Å². The van der Waals surface area contributed by atoms with Gasteiger partial charge in [0.1, 0.15) is 11.8 Å². The van der Waals surface area contributed by atoms with Crippen LogP contribution in [0.2, 0.25) is 10.0 Å². The summed E-state index contributed by atoms with van der Waals surface area (Å²) in [7, 11) is 1.59. The number of hydrogen-bond acceptors (Lipinski definition) is 6. The minimum absolute atomic E-state index is 0.0420. The third-order valence-electron chi connectivity index (χ3n) is 5.31. The van der Waals surface area contributed by atoms with E-state index in [-0.39, 0.29) is 12.5 Å². The van der Waals surface area contributed by atoms with Crippen molar-refractivity contribution in [2.75, 3.05) is 24.4 Å². The van der Waals surface area contributed by atoms with Gasteiger partial charge in [-0.25, -0.2) is 4.68 Å². The van der Waals surface area contributed by atoms with Gasteiger partial charge in [0.25, 0.3) is 5.91 Å². The van der Waals surface area contributed by atoms with Crippen LogP contribution < -0.4 is 15.4 Å². The molecular weight excluding hydrogens is 465 g/mol. The van der Waals surface area contributed by atoms with Gasteiger partial charge in [0.2, 0.25) is 5.95 Å². The van der Waals surface area contributed by atoms with E-state index in [0.717, 1.165) is 5.56 Å². The zero-order valence-corrected chi connectivity index (χ0v) is 19.6. The van der Waals surface area contributed by atoms with Crippen LogP contribution in [0.3, 0.4) is 0 Å². The third-order valence-corrected chi connectivity index (χ3v) is 6.05. The van der Waals surface area contributed by atoms with Gasteiger partial charge in [-0.1, -0.05) is 29.3 Å². The van der Waals surface area contributed by atoms with Crippen molar-refractivity contribution >= 4 is 40.7 Å². The Hall–Kier alpha value is -3.07. The van der Waals surface area contributed by atoms with Gasteiger partial charge in [0.15, 0.2) is 5.82 Å². The molecule has 0 unspecified atom stereocenters. The monoisotopic (exact) mass is 487 g/mol. The minimum atomic E-state index is -0.579. The Bertz CT molecular complexity index is 1210. The highest BCUT2D eigenvalue weighted by molar-refractivity contribution is 6.42. The molecule has 3 N–H and O–H groups in total. The van der Waals surface area contributed by atoms with Crippen molar-refractivity contribution < 1.29 is 14.6 Å². The molecule has 1 aliphatic heterocycles. The number of aliphatic hydroxyl groups is 1. The normalized spacial score (nSPS) is 15.1. The van der Waals surface area contributed by atoms with Crippen molar-refractivity contribution in [1.82, 2.24) is 14.8 Å². The van der Waals surface area contributed by atoms with Crippen LogP contribution in [0.25, 0.3) is 0 Å². The second-order valence-corrected chi connectivity index (χ2v) is 8.36. The second kappa shape index (κ2) is 9.82. The maximum atomic E-state index is 13.5. The van der Waals surface area contributed by atoms with E-state index in [1.807, 2.05) is 13.0 Å². The van der Waals surface area contributed by atoms with E-state index in [9.17, 15) is 9.90 Å². The number of halogens is 2. The summed E-state index contributed by atoms with van der Waals surface area (Å²) in [5.74, 6) is 1.48. The van der Waals surface area contributed by atoms with Crippen LogP contribution in [0.15, 0.2) is 53.7 Å². The number of nitrogens with zero attached hydrogens (tertiary/aromatic N) is 3. The average Bonchev–Trinajstić information content (AvgIpc) is 3.21. The molecule has 1 atom stereocenters. The summed E-state index contributed by atoms with van der Waals surface area (Å²) < 4.78 is 6.85. The molecule has 33 heavy (non-hydrogen) atoms. The van der Waals surface area contributed by atoms with Gasteiger partial charge in [-0.2, -0.15) is 10.1 Å². The summed E-state index contributed by atoms with van der Waals surface area (Å²) in [6, 6.07) is 11.7. The Kier molecular flexibility index (Phi) is 6.88. The summed E-state index contributed by atoms with van der Waals surface area (Å²) in [4.78, 5) is 18.0. The number of rotatable bonds is 7. The molecule has 1 aliphatic rings. The zero-order valence-electron chi connectivity index (χ0n) is 18.1. The van der Waals surface area contributed by atoms with E-state index in [4.69, 9.17) is 27.9 Å². The molecule has 0 saturated heterocycles. The van der Waals surface area contributed by atoms with Gasteiger partial charge in [-0.05, 0) is 55.3 Å². The number of methoxy groups -OCH3 is 1. The predicted molar refractivity (Wildman–Crippen MR) is 128 cm³/mol. The van der Waals surface area contributed by atoms with Gasteiger partial charge in [0.05, 0.1) is 22.7 Å². The predicted octanol–water partition coefficient (Wildman–Crippen LogP) is 4.45. The van der Waals surface area contributed by atoms with E-state index in [1.54, 1.807) is 48.2 Å². The van der Waals surface area contributed by atoms with Gasteiger partial charge in [0, 0.05) is 24.4 Å². The topological polar surface area (TPSA) is 101 Å². The first-order valence-corrected chi connectivity index (χ1v) is 11.1. The van der Waals surface area contributed by atoms with Crippen LogP contribution in [0.1, 0.15) is 30.8 Å². The van der Waals surface area contributed by atoms with E-state index >= 15 is 0 Å². The summed E-state index contributed by atoms with van der Waals surface area (Å²) in [6.45, 7) is 1.86. The Balaban J connectivity index is 1.74. The van der Waals surface area contributed by atoms with Crippen molar-refractivity contribution in [2.45, 2.75) is 25.8 Å². The molecule has 2 heterocycles. The summed E-state index contributed by atoms with van der Waals surface area (Å²) in [5, 5.41) is 20.7. The Morgan fingerprint density at radius 1 is 1.21 bits per heavy atom. The lowest BCUT2D eigenvalue weighted by Gasteiger charge is -2.29. The SMILES string of the molecule is COc1ccc(NC(=O)C2=C(C)Nc3nc(CCCO)nn3[C@H]2c2ccc(Cl)c(Cl)c2)cc1. The van der Waals surface area contributed by atoms with Crippen LogP contribution in [0, 0.1) is 0 Å². The van der Waals surface area contributed by atoms with Gasteiger partial charge in [-0.3, -0.25) is 4.79 Å². The maximum absolute atomic E-state index is 13.5. The number of nitrogens with one attached hydrogen (secondary N) is 2. The summed E-state index contributed by atoms with van der Waals surface area (Å²) in [6.07, 6.45) is 1.05. The number of carbonyl (C=O) groups excluding carboxylic acids is 1. The number of hydrogen-bond donors (Lipinski definition) is 3. The molecular formula is C23H23Cl2N5O3. The number of ether oxygens (including phenoxy) is 1. The number of aryl methyl sites for hydroxylation is 1. The van der Waals surface area contributed by atoms with Crippen molar-refractivity contribution in [3.63, 3.8) is 0 Å². The molecule has 1 amide bonds. The molecule has 2 aromatic carbocycles. The van der Waals surface area contributed by atoms with Crippen LogP contribution >= 0.6 is 23.2 Å². The number of allylic oxidation sites excluding steroid dienone is 1. The number of carbonyl (C=O) groups is 1. The first-order chi connectivity index (χ1) is 15.9. The fourth-order valence-corrected chi connectivity index (χ4v) is 4.00. The van der Waals surface area contributed by atoms with Crippen molar-refractivity contribution in [3.05, 3.63) is 75.2 Å². The molecule has 3 aromatic rings. The summed E-state index contributed by atoms with van der Waals surface area (Å²) in [5.41, 5.74) is 2.48. The van der Waals surface area contributed by atoms with E-state index < -0.39 is 6.04 Å². The molecule has 0 radical (unpaired) electrons. The maximum Gasteiger partial charge on any atom is 0.255 e. The van der Waals surface area contributed by atoms with Crippen molar-refractivity contribution in [2.24, 2.45) is 0 Å². The number of benzene rings is 2. The fraction of sp³-hybridized carbons (Fsp3) is 0.261. The highest BCUT2D eigenvalue weighted by atomic mass is 35.5. The number of fused-ring (bicyclic) bond motifs is 1. The van der Waals surface area contributed by atoms with Crippen LogP contribution in [-0.4, -0.2) is 39.5 Å². The van der Waals surface area contributed by atoms with Crippen LogP contribution in [0.4, 0.5) is 11.6 Å². The molecule has 0 bridgehead atoms. The molecule has 0 spiro atoms.